The minimum absolute atomic E-state index is 0.875. The van der Waals surface area contributed by atoms with Crippen molar-refractivity contribution in [1.82, 2.24) is 0 Å². The van der Waals surface area contributed by atoms with Gasteiger partial charge in [0.05, 0.1) is 11.4 Å². The third-order valence-electron chi connectivity index (χ3n) is 10.7. The Balaban J connectivity index is 1.20. The number of furan rings is 1. The van der Waals surface area contributed by atoms with E-state index >= 15 is 0 Å². The maximum absolute atomic E-state index is 6.75. The Morgan fingerprint density at radius 3 is 1.94 bits per heavy atom. The first-order valence-corrected chi connectivity index (χ1v) is 18.8. The molecule has 53 heavy (non-hydrogen) atoms. The fourth-order valence-electron chi connectivity index (χ4n) is 8.14. The van der Waals surface area contributed by atoms with Crippen LogP contribution in [-0.4, -0.2) is 0 Å². The number of para-hydroxylation sites is 2. The Labute approximate surface area is 310 Å². The van der Waals surface area contributed by atoms with E-state index in [9.17, 15) is 0 Å². The van der Waals surface area contributed by atoms with E-state index in [0.29, 0.717) is 0 Å². The van der Waals surface area contributed by atoms with Gasteiger partial charge in [0.15, 0.2) is 5.58 Å². The molecule has 0 atom stereocenters. The van der Waals surface area contributed by atoms with Gasteiger partial charge in [0, 0.05) is 36.6 Å². The van der Waals surface area contributed by atoms with Crippen molar-refractivity contribution in [2.45, 2.75) is 0 Å². The van der Waals surface area contributed by atoms with Gasteiger partial charge >= 0.3 is 0 Å². The molecule has 0 saturated carbocycles. The van der Waals surface area contributed by atoms with Crippen molar-refractivity contribution in [1.29, 1.82) is 0 Å². The van der Waals surface area contributed by atoms with Crippen LogP contribution in [0.3, 0.4) is 0 Å². The minimum atomic E-state index is 0.875. The largest absolute Gasteiger partial charge is 0.454 e. The lowest BCUT2D eigenvalue weighted by atomic mass is 9.97. The van der Waals surface area contributed by atoms with Gasteiger partial charge in [-0.1, -0.05) is 152 Å². The summed E-state index contributed by atoms with van der Waals surface area (Å²) in [4.78, 5) is 2.43. The van der Waals surface area contributed by atoms with Gasteiger partial charge in [-0.05, 0) is 80.2 Å². The molecule has 0 aliphatic carbocycles. The summed E-state index contributed by atoms with van der Waals surface area (Å²) in [5.41, 5.74) is 9.85. The number of hydrogen-bond acceptors (Lipinski definition) is 3. The van der Waals surface area contributed by atoms with E-state index in [1.54, 1.807) is 0 Å². The zero-order valence-corrected chi connectivity index (χ0v) is 29.5. The second kappa shape index (κ2) is 11.9. The van der Waals surface area contributed by atoms with Crippen molar-refractivity contribution >= 4 is 92.1 Å². The average Bonchev–Trinajstić information content (AvgIpc) is 3.81. The Morgan fingerprint density at radius 1 is 0.415 bits per heavy atom. The molecule has 0 bridgehead atoms. The second-order valence-electron chi connectivity index (χ2n) is 13.7. The third kappa shape index (κ3) is 4.78. The number of nitrogens with zero attached hydrogens (tertiary/aromatic N) is 1. The zero-order valence-electron chi connectivity index (χ0n) is 28.7. The highest BCUT2D eigenvalue weighted by Crippen LogP contribution is 2.50. The highest BCUT2D eigenvalue weighted by molar-refractivity contribution is 7.26. The lowest BCUT2D eigenvalue weighted by molar-refractivity contribution is 0.669. The normalized spacial score (nSPS) is 11.8. The summed E-state index contributed by atoms with van der Waals surface area (Å²) in [6.07, 6.45) is 0. The number of thiophene rings is 1. The molecule has 0 amide bonds. The van der Waals surface area contributed by atoms with E-state index in [-0.39, 0.29) is 0 Å². The molecule has 0 N–H and O–H groups in total. The molecule has 2 nitrogen and oxygen atoms in total. The fourth-order valence-corrected chi connectivity index (χ4v) is 9.40. The second-order valence-corrected chi connectivity index (χ2v) is 14.7. The Hall–Kier alpha value is -6.68. The van der Waals surface area contributed by atoms with Gasteiger partial charge in [-0.3, -0.25) is 0 Å². The van der Waals surface area contributed by atoms with Gasteiger partial charge in [0.1, 0.15) is 5.58 Å². The predicted octanol–water partition coefficient (Wildman–Crippen LogP) is 15.1. The Bertz CT molecular complexity index is 3170. The van der Waals surface area contributed by atoms with E-state index in [1.807, 2.05) is 17.4 Å². The topological polar surface area (TPSA) is 16.4 Å². The van der Waals surface area contributed by atoms with E-state index in [0.717, 1.165) is 39.0 Å². The molecular formula is C50H31NOS. The summed E-state index contributed by atoms with van der Waals surface area (Å²) >= 11 is 1.87. The van der Waals surface area contributed by atoms with Crippen LogP contribution < -0.4 is 4.90 Å². The van der Waals surface area contributed by atoms with Crippen molar-refractivity contribution in [2.24, 2.45) is 0 Å². The quantitative estimate of drug-likeness (QED) is 0.167. The minimum Gasteiger partial charge on any atom is -0.454 e. The first-order valence-electron chi connectivity index (χ1n) is 18.0. The summed E-state index contributed by atoms with van der Waals surface area (Å²) in [6, 6.07) is 67.9. The molecule has 0 aliphatic heterocycles. The van der Waals surface area contributed by atoms with Crippen molar-refractivity contribution in [3.8, 4) is 22.3 Å². The number of anilines is 3. The van der Waals surface area contributed by atoms with Crippen LogP contribution in [0.2, 0.25) is 0 Å². The van der Waals surface area contributed by atoms with Crippen LogP contribution in [0, 0.1) is 0 Å². The first-order chi connectivity index (χ1) is 26.3. The molecular weight excluding hydrogens is 663 g/mol. The standard InChI is InChI=1S/C50H31NOS/c1-2-11-32(12-3-1)33-21-23-35(24-22-33)39-29-30-44(48-42-16-7-9-20-47(42)53-50(39)48)51(45-18-10-17-41-40-15-6-8-19-46(40)52-49(41)45)37-28-27-36-26-25-34-13-4-5-14-38(34)43(36)31-37/h1-31H. The molecule has 0 fully saturated rings. The van der Waals surface area contributed by atoms with Crippen molar-refractivity contribution in [2.75, 3.05) is 4.90 Å². The number of rotatable bonds is 5. The highest BCUT2D eigenvalue weighted by Gasteiger charge is 2.24. The van der Waals surface area contributed by atoms with Crippen LogP contribution in [0.1, 0.15) is 0 Å². The van der Waals surface area contributed by atoms with E-state index in [2.05, 4.69) is 187 Å². The molecule has 0 spiro atoms. The van der Waals surface area contributed by atoms with Gasteiger partial charge in [-0.25, -0.2) is 0 Å². The van der Waals surface area contributed by atoms with Gasteiger partial charge < -0.3 is 9.32 Å². The van der Waals surface area contributed by atoms with E-state index < -0.39 is 0 Å². The average molecular weight is 694 g/mol. The maximum Gasteiger partial charge on any atom is 0.159 e. The molecule has 11 rings (SSSR count). The molecule has 0 unspecified atom stereocenters. The van der Waals surface area contributed by atoms with Crippen molar-refractivity contribution in [3.63, 3.8) is 0 Å². The summed E-state index contributed by atoms with van der Waals surface area (Å²) in [7, 11) is 0. The summed E-state index contributed by atoms with van der Waals surface area (Å²) in [5, 5.41) is 9.63. The van der Waals surface area contributed by atoms with Crippen LogP contribution in [0.5, 0.6) is 0 Å². The molecule has 3 heteroatoms. The Kier molecular flexibility index (Phi) is 6.76. The monoisotopic (exact) mass is 693 g/mol. The van der Waals surface area contributed by atoms with E-state index in [1.165, 1.54) is 64.0 Å². The number of benzene rings is 9. The number of fused-ring (bicyclic) bond motifs is 9. The lowest BCUT2D eigenvalue weighted by Crippen LogP contribution is -2.11. The smallest absolute Gasteiger partial charge is 0.159 e. The molecule has 2 aromatic heterocycles. The third-order valence-corrected chi connectivity index (χ3v) is 11.9. The van der Waals surface area contributed by atoms with Crippen LogP contribution in [0.15, 0.2) is 192 Å². The maximum atomic E-state index is 6.75. The van der Waals surface area contributed by atoms with Crippen LogP contribution in [-0.2, 0) is 0 Å². The van der Waals surface area contributed by atoms with Crippen LogP contribution in [0.25, 0.3) is 85.9 Å². The van der Waals surface area contributed by atoms with Crippen LogP contribution >= 0.6 is 11.3 Å². The molecule has 2 heterocycles. The molecule has 248 valence electrons. The number of hydrogen-bond donors (Lipinski definition) is 0. The van der Waals surface area contributed by atoms with Gasteiger partial charge in [-0.15, -0.1) is 11.3 Å². The molecule has 0 aliphatic rings. The molecule has 9 aromatic carbocycles. The summed E-state index contributed by atoms with van der Waals surface area (Å²) < 4.78 is 9.28. The first kappa shape index (κ1) is 30.0. The zero-order chi connectivity index (χ0) is 34.9. The highest BCUT2D eigenvalue weighted by atomic mass is 32.1. The lowest BCUT2D eigenvalue weighted by Gasteiger charge is -2.27. The van der Waals surface area contributed by atoms with Crippen molar-refractivity contribution < 1.29 is 4.42 Å². The van der Waals surface area contributed by atoms with Gasteiger partial charge in [0.2, 0.25) is 0 Å². The molecule has 0 radical (unpaired) electrons. The van der Waals surface area contributed by atoms with Gasteiger partial charge in [0.25, 0.3) is 0 Å². The SMILES string of the molecule is c1ccc(-c2ccc(-c3ccc(N(c4ccc5ccc6ccccc6c5c4)c4cccc5c4oc4ccccc45)c4c3sc3ccccc34)cc2)cc1. The van der Waals surface area contributed by atoms with Crippen LogP contribution in [0.4, 0.5) is 17.1 Å². The fraction of sp³-hybridized carbons (Fsp3) is 0. The van der Waals surface area contributed by atoms with Gasteiger partial charge in [-0.2, -0.15) is 0 Å². The van der Waals surface area contributed by atoms with E-state index in [4.69, 9.17) is 4.42 Å². The predicted molar refractivity (Wildman–Crippen MR) is 227 cm³/mol. The Morgan fingerprint density at radius 2 is 1.08 bits per heavy atom. The summed E-state index contributed by atoms with van der Waals surface area (Å²) in [5.74, 6) is 0. The summed E-state index contributed by atoms with van der Waals surface area (Å²) in [6.45, 7) is 0. The molecule has 0 saturated heterocycles. The molecule has 11 aromatic rings. The van der Waals surface area contributed by atoms with Crippen molar-refractivity contribution in [3.05, 3.63) is 188 Å².